The highest BCUT2D eigenvalue weighted by molar-refractivity contribution is 6.00. The third-order valence-corrected chi connectivity index (χ3v) is 4.73. The Labute approximate surface area is 147 Å². The molecular formula is C19H23N3O3. The van der Waals surface area contributed by atoms with Crippen LogP contribution in [-0.2, 0) is 4.74 Å². The number of ether oxygens (including phenoxy) is 1. The molecule has 0 bridgehead atoms. The molecule has 1 N–H and O–H groups in total. The minimum Gasteiger partial charge on any atom is -0.465 e. The summed E-state index contributed by atoms with van der Waals surface area (Å²) in [5.41, 5.74) is 3.42. The van der Waals surface area contributed by atoms with Crippen LogP contribution in [0, 0.1) is 13.8 Å². The van der Waals surface area contributed by atoms with Gasteiger partial charge in [0.15, 0.2) is 0 Å². The quantitative estimate of drug-likeness (QED) is 0.871. The van der Waals surface area contributed by atoms with Crippen LogP contribution in [0.1, 0.15) is 32.1 Å². The summed E-state index contributed by atoms with van der Waals surface area (Å²) < 4.78 is 4.81. The highest BCUT2D eigenvalue weighted by Crippen LogP contribution is 2.22. The molecule has 0 spiro atoms. The zero-order valence-electron chi connectivity index (χ0n) is 14.8. The molecule has 0 radical (unpaired) electrons. The van der Waals surface area contributed by atoms with Crippen molar-refractivity contribution < 1.29 is 14.3 Å². The zero-order valence-corrected chi connectivity index (χ0v) is 14.8. The fourth-order valence-electron chi connectivity index (χ4n) is 3.34. The lowest BCUT2D eigenvalue weighted by atomic mass is 10.1. The van der Waals surface area contributed by atoms with Crippen molar-refractivity contribution in [2.75, 3.05) is 38.2 Å². The van der Waals surface area contributed by atoms with Crippen molar-refractivity contribution in [1.82, 2.24) is 9.88 Å². The molecule has 6 nitrogen and oxygen atoms in total. The number of nitrogens with one attached hydrogen (secondary N) is 1. The molecule has 0 atom stereocenters. The Bertz CT molecular complexity index is 775. The molecule has 1 fully saturated rings. The number of methoxy groups -OCH3 is 1. The molecule has 0 saturated carbocycles. The average Bonchev–Trinajstić information content (AvgIpc) is 2.95. The first-order valence-electron chi connectivity index (χ1n) is 8.39. The number of esters is 1. The monoisotopic (exact) mass is 341 g/mol. The number of hydrogen-bond acceptors (Lipinski definition) is 4. The van der Waals surface area contributed by atoms with E-state index in [1.54, 1.807) is 13.8 Å². The van der Waals surface area contributed by atoms with E-state index in [2.05, 4.69) is 22.0 Å². The number of para-hydroxylation sites is 1. The summed E-state index contributed by atoms with van der Waals surface area (Å²) in [6.07, 6.45) is 0. The number of H-pyrrole nitrogens is 1. The summed E-state index contributed by atoms with van der Waals surface area (Å²) in [7, 11) is 1.35. The molecule has 1 aliphatic rings. The van der Waals surface area contributed by atoms with Gasteiger partial charge < -0.3 is 19.5 Å². The number of hydrogen-bond donors (Lipinski definition) is 1. The number of piperazine rings is 1. The summed E-state index contributed by atoms with van der Waals surface area (Å²) in [5, 5.41) is 0. The summed E-state index contributed by atoms with van der Waals surface area (Å²) in [6.45, 7) is 6.45. The Morgan fingerprint density at radius 1 is 1.04 bits per heavy atom. The van der Waals surface area contributed by atoms with Crippen LogP contribution in [-0.4, -0.2) is 55.0 Å². The van der Waals surface area contributed by atoms with E-state index in [1.165, 1.54) is 12.8 Å². The number of nitrogens with zero attached hydrogens (tertiary/aromatic N) is 2. The van der Waals surface area contributed by atoms with Crippen molar-refractivity contribution in [3.63, 3.8) is 0 Å². The maximum atomic E-state index is 12.9. The molecule has 0 aliphatic carbocycles. The van der Waals surface area contributed by atoms with E-state index in [-0.39, 0.29) is 5.91 Å². The third kappa shape index (κ3) is 3.24. The number of aryl methyl sites for hydroxylation is 1. The lowest BCUT2D eigenvalue weighted by Crippen LogP contribution is -2.49. The molecule has 6 heteroatoms. The number of rotatable bonds is 3. The number of aromatic amines is 1. The first kappa shape index (κ1) is 17.1. The van der Waals surface area contributed by atoms with Crippen molar-refractivity contribution in [2.24, 2.45) is 0 Å². The van der Waals surface area contributed by atoms with Crippen LogP contribution in [0.15, 0.2) is 30.3 Å². The van der Waals surface area contributed by atoms with E-state index in [9.17, 15) is 9.59 Å². The summed E-state index contributed by atoms with van der Waals surface area (Å²) in [5.74, 6) is -0.484. The largest absolute Gasteiger partial charge is 0.465 e. The zero-order chi connectivity index (χ0) is 18.0. The van der Waals surface area contributed by atoms with Crippen molar-refractivity contribution in [2.45, 2.75) is 13.8 Å². The van der Waals surface area contributed by atoms with E-state index in [0.717, 1.165) is 13.1 Å². The van der Waals surface area contributed by atoms with Gasteiger partial charge in [-0.2, -0.15) is 0 Å². The first-order chi connectivity index (χ1) is 12.0. The Balaban J connectivity index is 1.72. The molecule has 2 heterocycles. The molecule has 1 aliphatic heterocycles. The average molecular weight is 341 g/mol. The van der Waals surface area contributed by atoms with Crippen molar-refractivity contribution >= 4 is 17.6 Å². The van der Waals surface area contributed by atoms with E-state index in [4.69, 9.17) is 4.74 Å². The van der Waals surface area contributed by atoms with Gasteiger partial charge in [-0.3, -0.25) is 4.79 Å². The van der Waals surface area contributed by atoms with E-state index in [1.807, 2.05) is 23.1 Å². The van der Waals surface area contributed by atoms with Gasteiger partial charge in [0.25, 0.3) is 5.91 Å². The number of carbonyl (C=O) groups excluding carboxylic acids is 2. The predicted octanol–water partition coefficient (Wildman–Crippen LogP) is 2.38. The van der Waals surface area contributed by atoms with Crippen LogP contribution in [0.25, 0.3) is 0 Å². The minimum absolute atomic E-state index is 0.0662. The van der Waals surface area contributed by atoms with Gasteiger partial charge in [-0.15, -0.1) is 0 Å². The van der Waals surface area contributed by atoms with Crippen molar-refractivity contribution in [3.05, 3.63) is 52.8 Å². The van der Waals surface area contributed by atoms with Gasteiger partial charge in [-0.1, -0.05) is 18.2 Å². The van der Waals surface area contributed by atoms with Crippen LogP contribution >= 0.6 is 0 Å². The lowest BCUT2D eigenvalue weighted by Gasteiger charge is -2.36. The molecule has 1 saturated heterocycles. The summed E-state index contributed by atoms with van der Waals surface area (Å²) in [4.78, 5) is 31.9. The van der Waals surface area contributed by atoms with Gasteiger partial charge in [0, 0.05) is 37.6 Å². The molecule has 25 heavy (non-hydrogen) atoms. The van der Waals surface area contributed by atoms with Gasteiger partial charge in [0.1, 0.15) is 5.69 Å². The van der Waals surface area contributed by atoms with Crippen molar-refractivity contribution in [3.8, 4) is 0 Å². The van der Waals surface area contributed by atoms with Gasteiger partial charge in [0.05, 0.1) is 12.7 Å². The topological polar surface area (TPSA) is 65.6 Å². The minimum atomic E-state index is -0.417. The highest BCUT2D eigenvalue weighted by Gasteiger charge is 2.27. The number of carbonyl (C=O) groups is 2. The molecule has 132 valence electrons. The van der Waals surface area contributed by atoms with Crippen LogP contribution in [0.5, 0.6) is 0 Å². The Kier molecular flexibility index (Phi) is 4.79. The van der Waals surface area contributed by atoms with Gasteiger partial charge in [0.2, 0.25) is 0 Å². The lowest BCUT2D eigenvalue weighted by molar-refractivity contribution is 0.0599. The van der Waals surface area contributed by atoms with Crippen LogP contribution in [0.4, 0.5) is 5.69 Å². The molecule has 3 rings (SSSR count). The Morgan fingerprint density at radius 3 is 2.28 bits per heavy atom. The summed E-state index contributed by atoms with van der Waals surface area (Å²) in [6, 6.07) is 10.2. The van der Waals surface area contributed by atoms with Crippen molar-refractivity contribution in [1.29, 1.82) is 0 Å². The second-order valence-electron chi connectivity index (χ2n) is 6.23. The van der Waals surface area contributed by atoms with Crippen LogP contribution in [0.2, 0.25) is 0 Å². The molecule has 2 aromatic rings. The second kappa shape index (κ2) is 7.01. The molecule has 1 aromatic carbocycles. The molecular weight excluding hydrogens is 318 g/mol. The normalized spacial score (nSPS) is 14.5. The maximum absolute atomic E-state index is 12.9. The number of anilines is 1. The van der Waals surface area contributed by atoms with E-state index in [0.29, 0.717) is 35.6 Å². The third-order valence-electron chi connectivity index (χ3n) is 4.73. The smallest absolute Gasteiger partial charge is 0.339 e. The molecule has 1 amide bonds. The SMILES string of the molecule is COC(=O)c1c(C)[nH]c(C(=O)N2CCN(c3ccccc3)CC2)c1C. The van der Waals surface area contributed by atoms with Gasteiger partial charge >= 0.3 is 5.97 Å². The number of benzene rings is 1. The number of aromatic nitrogens is 1. The highest BCUT2D eigenvalue weighted by atomic mass is 16.5. The Hall–Kier alpha value is -2.76. The fourth-order valence-corrected chi connectivity index (χ4v) is 3.34. The first-order valence-corrected chi connectivity index (χ1v) is 8.39. The standard InChI is InChI=1S/C19H23N3O3/c1-13-16(19(24)25-3)14(2)20-17(13)18(23)22-11-9-21(10-12-22)15-7-5-4-6-8-15/h4-8,20H,9-12H2,1-3H3. The molecule has 1 aromatic heterocycles. The molecule has 0 unspecified atom stereocenters. The summed E-state index contributed by atoms with van der Waals surface area (Å²) >= 11 is 0. The number of amides is 1. The second-order valence-corrected chi connectivity index (χ2v) is 6.23. The van der Waals surface area contributed by atoms with Gasteiger partial charge in [-0.25, -0.2) is 4.79 Å². The Morgan fingerprint density at radius 2 is 1.68 bits per heavy atom. The van der Waals surface area contributed by atoms with Crippen LogP contribution < -0.4 is 4.90 Å². The van der Waals surface area contributed by atoms with Gasteiger partial charge in [-0.05, 0) is 31.5 Å². The van der Waals surface area contributed by atoms with Crippen LogP contribution in [0.3, 0.4) is 0 Å². The predicted molar refractivity (Wildman–Crippen MR) is 96.2 cm³/mol. The fraction of sp³-hybridized carbons (Fsp3) is 0.368. The maximum Gasteiger partial charge on any atom is 0.339 e. The van der Waals surface area contributed by atoms with E-state index < -0.39 is 5.97 Å². The van der Waals surface area contributed by atoms with E-state index >= 15 is 0 Å².